The van der Waals surface area contributed by atoms with Gasteiger partial charge in [0.25, 0.3) is 0 Å². The summed E-state index contributed by atoms with van der Waals surface area (Å²) in [7, 11) is 0. The van der Waals surface area contributed by atoms with Crippen molar-refractivity contribution in [1.29, 1.82) is 0 Å². The zero-order chi connectivity index (χ0) is 11.7. The van der Waals surface area contributed by atoms with Crippen molar-refractivity contribution in [1.82, 2.24) is 0 Å². The lowest BCUT2D eigenvalue weighted by Crippen LogP contribution is -2.19. The molecule has 86 valence electrons. The Hall–Kier alpha value is -0.590. The molecule has 1 aliphatic carbocycles. The Balaban J connectivity index is 3.07. The van der Waals surface area contributed by atoms with E-state index in [0.717, 1.165) is 12.8 Å². The van der Waals surface area contributed by atoms with E-state index in [-0.39, 0.29) is 5.54 Å². The van der Waals surface area contributed by atoms with Gasteiger partial charge in [-0.15, -0.1) is 0 Å². The lowest BCUT2D eigenvalue weighted by Gasteiger charge is -2.23. The van der Waals surface area contributed by atoms with Crippen LogP contribution in [0.3, 0.4) is 0 Å². The summed E-state index contributed by atoms with van der Waals surface area (Å²) in [5.74, 6) is 0. The van der Waals surface area contributed by atoms with Gasteiger partial charge in [0.1, 0.15) is 0 Å². The number of nitrogens with zero attached hydrogens (tertiary/aromatic N) is 1. The van der Waals surface area contributed by atoms with Gasteiger partial charge in [-0.25, -0.2) is 0 Å². The molecule has 1 rings (SSSR count). The highest BCUT2D eigenvalue weighted by molar-refractivity contribution is 5.41. The monoisotopic (exact) mass is 207 g/mol. The molecule has 15 heavy (non-hydrogen) atoms. The molecule has 0 spiro atoms. The highest BCUT2D eigenvalue weighted by Gasteiger charge is 2.65. The minimum atomic E-state index is 0.155. The lowest BCUT2D eigenvalue weighted by atomic mass is 9.84. The fourth-order valence-electron chi connectivity index (χ4n) is 3.11. The average Bonchev–Trinajstić information content (AvgIpc) is 2.97. The SMILES string of the molecule is C=NC1(CC)CC1(CC)/C(C)=C(\C)CC. The Kier molecular flexibility index (Phi) is 3.42. The molecule has 1 fully saturated rings. The van der Waals surface area contributed by atoms with Crippen LogP contribution in [0.4, 0.5) is 0 Å². The van der Waals surface area contributed by atoms with Crippen molar-refractivity contribution in [3.63, 3.8) is 0 Å². The topological polar surface area (TPSA) is 12.4 Å². The summed E-state index contributed by atoms with van der Waals surface area (Å²) in [6, 6.07) is 0. The maximum atomic E-state index is 4.43. The largest absolute Gasteiger partial charge is 0.293 e. The molecular formula is C14H25N. The minimum Gasteiger partial charge on any atom is -0.293 e. The summed E-state index contributed by atoms with van der Waals surface area (Å²) in [6.07, 6.45) is 4.69. The zero-order valence-corrected chi connectivity index (χ0v) is 11.0. The Morgan fingerprint density at radius 2 is 1.80 bits per heavy atom. The van der Waals surface area contributed by atoms with E-state index in [0.29, 0.717) is 5.41 Å². The standard InChI is InChI=1S/C14H25N/c1-7-11(4)12(5)13(8-2)10-14(13,9-3)15-6/h6-10H2,1-5H3/b12-11+. The number of aliphatic imine (C=N–C) groups is 1. The Labute approximate surface area is 94.7 Å². The van der Waals surface area contributed by atoms with Crippen molar-refractivity contribution in [3.05, 3.63) is 11.1 Å². The van der Waals surface area contributed by atoms with Crippen LogP contribution in [0.5, 0.6) is 0 Å². The third kappa shape index (κ3) is 1.56. The molecule has 2 unspecified atom stereocenters. The van der Waals surface area contributed by atoms with Gasteiger partial charge in [-0.2, -0.15) is 0 Å². The molecule has 0 radical (unpaired) electrons. The van der Waals surface area contributed by atoms with Gasteiger partial charge in [-0.3, -0.25) is 4.99 Å². The summed E-state index contributed by atoms with van der Waals surface area (Å²) in [5.41, 5.74) is 3.60. The Morgan fingerprint density at radius 1 is 1.20 bits per heavy atom. The Morgan fingerprint density at radius 3 is 2.07 bits per heavy atom. The van der Waals surface area contributed by atoms with Crippen LogP contribution in [0.1, 0.15) is 60.3 Å². The maximum Gasteiger partial charge on any atom is 0.0701 e. The van der Waals surface area contributed by atoms with Crippen molar-refractivity contribution in [2.75, 3.05) is 0 Å². The first kappa shape index (κ1) is 12.5. The van der Waals surface area contributed by atoms with Gasteiger partial charge in [0.15, 0.2) is 0 Å². The molecule has 0 aromatic heterocycles. The number of rotatable bonds is 5. The van der Waals surface area contributed by atoms with Crippen LogP contribution in [0, 0.1) is 5.41 Å². The van der Waals surface area contributed by atoms with Gasteiger partial charge < -0.3 is 0 Å². The normalized spacial score (nSPS) is 36.1. The van der Waals surface area contributed by atoms with Gasteiger partial charge in [-0.05, 0) is 46.2 Å². The van der Waals surface area contributed by atoms with Crippen molar-refractivity contribution in [3.8, 4) is 0 Å². The van der Waals surface area contributed by atoms with Crippen molar-refractivity contribution in [2.45, 2.75) is 65.8 Å². The molecule has 0 N–H and O–H groups in total. The third-order valence-electron chi connectivity index (χ3n) is 4.74. The zero-order valence-electron chi connectivity index (χ0n) is 11.0. The molecule has 0 amide bonds. The molecule has 1 saturated carbocycles. The first-order valence-corrected chi connectivity index (χ1v) is 6.18. The van der Waals surface area contributed by atoms with E-state index in [1.54, 1.807) is 5.57 Å². The summed E-state index contributed by atoms with van der Waals surface area (Å²) >= 11 is 0. The second-order valence-electron chi connectivity index (χ2n) is 4.91. The van der Waals surface area contributed by atoms with Crippen molar-refractivity contribution < 1.29 is 0 Å². The van der Waals surface area contributed by atoms with E-state index in [1.807, 2.05) is 0 Å². The van der Waals surface area contributed by atoms with Gasteiger partial charge in [0.05, 0.1) is 5.54 Å². The second kappa shape index (κ2) is 4.11. The molecule has 0 aliphatic heterocycles. The predicted octanol–water partition coefficient (Wildman–Crippen LogP) is 4.38. The van der Waals surface area contributed by atoms with Crippen LogP contribution in [0.15, 0.2) is 16.1 Å². The van der Waals surface area contributed by atoms with Gasteiger partial charge in [0.2, 0.25) is 0 Å². The summed E-state index contributed by atoms with van der Waals surface area (Å²) in [5, 5.41) is 0. The molecule has 1 aliphatic rings. The maximum absolute atomic E-state index is 4.43. The number of hydrogen-bond donors (Lipinski definition) is 0. The molecule has 0 aromatic carbocycles. The van der Waals surface area contributed by atoms with Crippen LogP contribution in [-0.2, 0) is 0 Å². The summed E-state index contributed by atoms with van der Waals surface area (Å²) in [4.78, 5) is 4.43. The first-order chi connectivity index (χ1) is 7.03. The average molecular weight is 207 g/mol. The van der Waals surface area contributed by atoms with E-state index >= 15 is 0 Å². The lowest BCUT2D eigenvalue weighted by molar-refractivity contribution is 0.452. The molecule has 0 aromatic rings. The highest BCUT2D eigenvalue weighted by atomic mass is 15.0. The molecule has 1 heteroatoms. The quantitative estimate of drug-likeness (QED) is 0.468. The van der Waals surface area contributed by atoms with Crippen LogP contribution in [-0.4, -0.2) is 12.3 Å². The fourth-order valence-corrected chi connectivity index (χ4v) is 3.11. The molecule has 0 bridgehead atoms. The molecule has 1 nitrogen and oxygen atoms in total. The summed E-state index contributed by atoms with van der Waals surface area (Å²) < 4.78 is 0. The van der Waals surface area contributed by atoms with E-state index < -0.39 is 0 Å². The molecule has 2 atom stereocenters. The van der Waals surface area contributed by atoms with Gasteiger partial charge >= 0.3 is 0 Å². The fraction of sp³-hybridized carbons (Fsp3) is 0.786. The Bertz CT molecular complexity index is 290. The van der Waals surface area contributed by atoms with E-state index in [1.165, 1.54) is 18.4 Å². The summed E-state index contributed by atoms with van der Waals surface area (Å²) in [6.45, 7) is 15.1. The number of hydrogen-bond acceptors (Lipinski definition) is 1. The van der Waals surface area contributed by atoms with E-state index in [2.05, 4.69) is 46.3 Å². The van der Waals surface area contributed by atoms with Gasteiger partial charge in [-0.1, -0.05) is 31.9 Å². The van der Waals surface area contributed by atoms with E-state index in [4.69, 9.17) is 0 Å². The number of allylic oxidation sites excluding steroid dienone is 1. The predicted molar refractivity (Wildman–Crippen MR) is 68.6 cm³/mol. The van der Waals surface area contributed by atoms with Crippen LogP contribution >= 0.6 is 0 Å². The first-order valence-electron chi connectivity index (χ1n) is 6.18. The van der Waals surface area contributed by atoms with Crippen molar-refractivity contribution >= 4 is 6.72 Å². The minimum absolute atomic E-state index is 0.155. The van der Waals surface area contributed by atoms with Crippen LogP contribution in [0.25, 0.3) is 0 Å². The van der Waals surface area contributed by atoms with Crippen LogP contribution < -0.4 is 0 Å². The molecule has 0 heterocycles. The highest BCUT2D eigenvalue weighted by Crippen LogP contribution is 2.67. The molecular weight excluding hydrogens is 182 g/mol. The second-order valence-corrected chi connectivity index (χ2v) is 4.91. The van der Waals surface area contributed by atoms with Gasteiger partial charge in [0, 0.05) is 5.41 Å². The van der Waals surface area contributed by atoms with Crippen molar-refractivity contribution in [2.24, 2.45) is 10.4 Å². The van der Waals surface area contributed by atoms with Crippen LogP contribution in [0.2, 0.25) is 0 Å². The van der Waals surface area contributed by atoms with E-state index in [9.17, 15) is 0 Å². The third-order valence-corrected chi connectivity index (χ3v) is 4.74. The smallest absolute Gasteiger partial charge is 0.0701 e. The molecule has 0 saturated heterocycles.